The standard InChI is InChI=1S/C17H15N3S/c1-13-11-15(8-7-14-5-3-2-4-6-14)16(12-19)17(20-13)21-10-9-18/h2-8,11,17,20H,10H2,1H3/b8-7+. The number of hydrogen-bond donors (Lipinski definition) is 1. The number of thioether (sulfide) groups is 1. The van der Waals surface area contributed by atoms with Crippen LogP contribution in [0.2, 0.25) is 0 Å². The van der Waals surface area contributed by atoms with E-state index >= 15 is 0 Å². The molecule has 0 spiro atoms. The van der Waals surface area contributed by atoms with E-state index in [1.807, 2.05) is 55.5 Å². The smallest absolute Gasteiger partial charge is 0.109 e. The molecule has 1 aliphatic heterocycles. The van der Waals surface area contributed by atoms with Gasteiger partial charge in [0.1, 0.15) is 5.37 Å². The first-order valence-corrected chi connectivity index (χ1v) is 7.60. The van der Waals surface area contributed by atoms with Crippen LogP contribution >= 0.6 is 11.8 Å². The van der Waals surface area contributed by atoms with E-state index in [0.717, 1.165) is 16.8 Å². The van der Waals surface area contributed by atoms with Crippen molar-refractivity contribution < 1.29 is 0 Å². The lowest BCUT2D eigenvalue weighted by atomic mass is 10.0. The van der Waals surface area contributed by atoms with Crippen molar-refractivity contribution in [1.29, 1.82) is 10.5 Å². The summed E-state index contributed by atoms with van der Waals surface area (Å²) in [6.45, 7) is 1.96. The monoisotopic (exact) mass is 293 g/mol. The van der Waals surface area contributed by atoms with Gasteiger partial charge in [-0.05, 0) is 24.1 Å². The third-order valence-corrected chi connectivity index (χ3v) is 3.98. The molecule has 4 heteroatoms. The van der Waals surface area contributed by atoms with E-state index in [-0.39, 0.29) is 5.37 Å². The highest BCUT2D eigenvalue weighted by Gasteiger charge is 2.21. The second kappa shape index (κ2) is 7.38. The first-order chi connectivity index (χ1) is 10.2. The van der Waals surface area contributed by atoms with E-state index in [9.17, 15) is 5.26 Å². The van der Waals surface area contributed by atoms with Crippen LogP contribution in [0, 0.1) is 22.7 Å². The number of allylic oxidation sites excluding steroid dienone is 4. The maximum Gasteiger partial charge on any atom is 0.109 e. The van der Waals surface area contributed by atoms with Crippen molar-refractivity contribution in [3.8, 4) is 12.1 Å². The Labute approximate surface area is 129 Å². The molecule has 3 nitrogen and oxygen atoms in total. The number of hydrogen-bond acceptors (Lipinski definition) is 4. The molecular weight excluding hydrogens is 278 g/mol. The quantitative estimate of drug-likeness (QED) is 0.921. The van der Waals surface area contributed by atoms with Crippen molar-refractivity contribution >= 4 is 17.8 Å². The predicted molar refractivity (Wildman–Crippen MR) is 86.9 cm³/mol. The van der Waals surface area contributed by atoms with Crippen LogP contribution in [0.1, 0.15) is 12.5 Å². The summed E-state index contributed by atoms with van der Waals surface area (Å²) in [5.74, 6) is 0.353. The van der Waals surface area contributed by atoms with Crippen molar-refractivity contribution in [1.82, 2.24) is 5.32 Å². The Bertz CT molecular complexity index is 672. The summed E-state index contributed by atoms with van der Waals surface area (Å²) < 4.78 is 0. The maximum absolute atomic E-state index is 9.41. The molecule has 1 atom stereocenters. The number of rotatable bonds is 4. The summed E-state index contributed by atoms with van der Waals surface area (Å²) in [5, 5.41) is 21.2. The van der Waals surface area contributed by atoms with Crippen molar-refractivity contribution in [2.24, 2.45) is 0 Å². The summed E-state index contributed by atoms with van der Waals surface area (Å²) in [4.78, 5) is 0. The Kier molecular flexibility index (Phi) is 5.26. The SMILES string of the molecule is CC1=CC(/C=C/c2ccccc2)=C(C#N)C(SCC#N)N1. The third-order valence-electron chi connectivity index (χ3n) is 2.99. The van der Waals surface area contributed by atoms with Crippen molar-refractivity contribution in [2.75, 3.05) is 5.75 Å². The highest BCUT2D eigenvalue weighted by Crippen LogP contribution is 2.26. The summed E-state index contributed by atoms with van der Waals surface area (Å²) in [5.41, 5.74) is 3.64. The van der Waals surface area contributed by atoms with Gasteiger partial charge in [-0.1, -0.05) is 42.5 Å². The summed E-state index contributed by atoms with van der Waals surface area (Å²) in [6.07, 6.45) is 5.91. The third kappa shape index (κ3) is 4.02. The second-order valence-electron chi connectivity index (χ2n) is 4.55. The van der Waals surface area contributed by atoms with Crippen LogP contribution in [-0.2, 0) is 0 Å². The fraction of sp³-hybridized carbons (Fsp3) is 0.176. The van der Waals surface area contributed by atoms with Crippen LogP contribution in [0.15, 0.2) is 59.3 Å². The zero-order valence-electron chi connectivity index (χ0n) is 11.7. The molecule has 1 aromatic rings. The Hall–Kier alpha value is -2.43. The van der Waals surface area contributed by atoms with Gasteiger partial charge in [0.2, 0.25) is 0 Å². The zero-order valence-corrected chi connectivity index (χ0v) is 12.5. The Morgan fingerprint density at radius 1 is 1.24 bits per heavy atom. The topological polar surface area (TPSA) is 59.6 Å². The lowest BCUT2D eigenvalue weighted by Crippen LogP contribution is -2.30. The minimum absolute atomic E-state index is 0.157. The number of nitriles is 2. The van der Waals surface area contributed by atoms with Gasteiger partial charge in [-0.3, -0.25) is 0 Å². The molecule has 0 bridgehead atoms. The van der Waals surface area contributed by atoms with E-state index in [2.05, 4.69) is 17.5 Å². The molecule has 0 saturated heterocycles. The second-order valence-corrected chi connectivity index (χ2v) is 5.64. The molecule has 21 heavy (non-hydrogen) atoms. The van der Waals surface area contributed by atoms with E-state index in [1.54, 1.807) is 0 Å². The molecule has 1 aliphatic rings. The van der Waals surface area contributed by atoms with Gasteiger partial charge in [-0.2, -0.15) is 10.5 Å². The minimum atomic E-state index is -0.157. The van der Waals surface area contributed by atoms with E-state index in [4.69, 9.17) is 5.26 Å². The minimum Gasteiger partial charge on any atom is -0.372 e. The molecule has 0 saturated carbocycles. The average Bonchev–Trinajstić information content (AvgIpc) is 2.51. The lowest BCUT2D eigenvalue weighted by Gasteiger charge is -2.23. The highest BCUT2D eigenvalue weighted by atomic mass is 32.2. The molecule has 0 radical (unpaired) electrons. The number of nitrogens with one attached hydrogen (secondary N) is 1. The number of benzene rings is 1. The fourth-order valence-electron chi connectivity index (χ4n) is 2.04. The van der Waals surface area contributed by atoms with E-state index in [0.29, 0.717) is 11.3 Å². The molecule has 1 N–H and O–H groups in total. The molecule has 1 aromatic carbocycles. The number of dihydropyridines is 1. The fourth-order valence-corrected chi connectivity index (χ4v) is 2.91. The predicted octanol–water partition coefficient (Wildman–Crippen LogP) is 3.61. The summed E-state index contributed by atoms with van der Waals surface area (Å²) >= 11 is 1.43. The zero-order chi connectivity index (χ0) is 15.1. The first-order valence-electron chi connectivity index (χ1n) is 6.55. The average molecular weight is 293 g/mol. The summed E-state index contributed by atoms with van der Waals surface area (Å²) in [7, 11) is 0. The Balaban J connectivity index is 2.29. The summed E-state index contributed by atoms with van der Waals surface area (Å²) in [6, 6.07) is 14.3. The molecule has 0 amide bonds. The van der Waals surface area contributed by atoms with Gasteiger partial charge in [-0.15, -0.1) is 11.8 Å². The van der Waals surface area contributed by atoms with E-state index in [1.165, 1.54) is 11.8 Å². The van der Waals surface area contributed by atoms with Crippen molar-refractivity contribution in [2.45, 2.75) is 12.3 Å². The molecule has 0 aliphatic carbocycles. The number of nitrogens with zero attached hydrogens (tertiary/aromatic N) is 2. The first kappa shape index (κ1) is 15.0. The van der Waals surface area contributed by atoms with Crippen LogP contribution in [0.4, 0.5) is 0 Å². The highest BCUT2D eigenvalue weighted by molar-refractivity contribution is 8.00. The van der Waals surface area contributed by atoms with Crippen LogP contribution in [0.3, 0.4) is 0 Å². The van der Waals surface area contributed by atoms with E-state index < -0.39 is 0 Å². The normalized spacial score (nSPS) is 17.9. The molecule has 1 unspecified atom stereocenters. The Morgan fingerprint density at radius 2 is 2.00 bits per heavy atom. The van der Waals surface area contributed by atoms with Crippen molar-refractivity contribution in [3.05, 3.63) is 64.9 Å². The Morgan fingerprint density at radius 3 is 2.67 bits per heavy atom. The molecular formula is C17H15N3S. The van der Waals surface area contributed by atoms with Gasteiger partial charge < -0.3 is 5.32 Å². The van der Waals surface area contributed by atoms with Gasteiger partial charge in [0.05, 0.1) is 23.5 Å². The largest absolute Gasteiger partial charge is 0.372 e. The molecule has 2 rings (SSSR count). The van der Waals surface area contributed by atoms with Crippen molar-refractivity contribution in [3.63, 3.8) is 0 Å². The molecule has 1 heterocycles. The lowest BCUT2D eigenvalue weighted by molar-refractivity contribution is 0.816. The molecule has 0 aromatic heterocycles. The van der Waals surface area contributed by atoms with Crippen LogP contribution in [0.5, 0.6) is 0 Å². The molecule has 104 valence electrons. The van der Waals surface area contributed by atoms with Gasteiger partial charge in [0.25, 0.3) is 0 Å². The van der Waals surface area contributed by atoms with Crippen LogP contribution in [0.25, 0.3) is 6.08 Å². The van der Waals surface area contributed by atoms with Gasteiger partial charge >= 0.3 is 0 Å². The molecule has 0 fully saturated rings. The maximum atomic E-state index is 9.41. The van der Waals surface area contributed by atoms with Gasteiger partial charge in [0.15, 0.2) is 0 Å². The van der Waals surface area contributed by atoms with Gasteiger partial charge in [-0.25, -0.2) is 0 Å². The van der Waals surface area contributed by atoms with Gasteiger partial charge in [0, 0.05) is 5.70 Å². The van der Waals surface area contributed by atoms with Crippen LogP contribution < -0.4 is 5.32 Å². The van der Waals surface area contributed by atoms with Crippen LogP contribution in [-0.4, -0.2) is 11.1 Å².